The highest BCUT2D eigenvalue weighted by atomic mass is 19.4. The van der Waals surface area contributed by atoms with E-state index in [0.29, 0.717) is 32.1 Å². The average Bonchev–Trinajstić information content (AvgIpc) is 3.17. The maximum Gasteiger partial charge on any atom is 0.418 e. The predicted molar refractivity (Wildman–Crippen MR) is 115 cm³/mol. The summed E-state index contributed by atoms with van der Waals surface area (Å²) >= 11 is 0. The fourth-order valence-corrected chi connectivity index (χ4v) is 3.20. The second-order valence-corrected chi connectivity index (χ2v) is 7.71. The summed E-state index contributed by atoms with van der Waals surface area (Å²) in [5.41, 5.74) is 4.69. The fourth-order valence-electron chi connectivity index (χ4n) is 3.20. The molecule has 0 bridgehead atoms. The topological polar surface area (TPSA) is 117 Å². The number of rotatable bonds is 9. The van der Waals surface area contributed by atoms with Crippen molar-refractivity contribution in [1.29, 1.82) is 0 Å². The molecule has 3 N–H and O–H groups in total. The monoisotopic (exact) mass is 466 g/mol. The van der Waals surface area contributed by atoms with E-state index in [0.717, 1.165) is 16.9 Å². The van der Waals surface area contributed by atoms with Crippen molar-refractivity contribution in [1.82, 2.24) is 24.9 Å². The number of ether oxygens (including phenoxy) is 2. The van der Waals surface area contributed by atoms with Gasteiger partial charge in [-0.25, -0.2) is 14.5 Å². The van der Waals surface area contributed by atoms with Crippen molar-refractivity contribution >= 4 is 17.2 Å². The summed E-state index contributed by atoms with van der Waals surface area (Å²) in [5.74, 6) is -0.335. The largest absolute Gasteiger partial charge is 0.480 e. The van der Waals surface area contributed by atoms with E-state index in [-0.39, 0.29) is 34.0 Å². The molecule has 0 radical (unpaired) electrons. The molecule has 3 rings (SSSR count). The van der Waals surface area contributed by atoms with Gasteiger partial charge in [-0.15, -0.1) is 0 Å². The second-order valence-electron chi connectivity index (χ2n) is 7.71. The van der Waals surface area contributed by atoms with Crippen LogP contribution in [0.2, 0.25) is 0 Å². The van der Waals surface area contributed by atoms with Crippen molar-refractivity contribution in [3.63, 3.8) is 0 Å². The lowest BCUT2D eigenvalue weighted by Crippen LogP contribution is -2.26. The number of amides is 1. The van der Waals surface area contributed by atoms with Gasteiger partial charge in [-0.3, -0.25) is 4.79 Å². The first-order valence-electron chi connectivity index (χ1n) is 10.2. The summed E-state index contributed by atoms with van der Waals surface area (Å²) in [6, 6.07) is 2.30. The summed E-state index contributed by atoms with van der Waals surface area (Å²) in [5, 5.41) is 6.66. The van der Waals surface area contributed by atoms with E-state index in [1.54, 1.807) is 0 Å². The third-order valence-corrected chi connectivity index (χ3v) is 4.68. The van der Waals surface area contributed by atoms with Crippen molar-refractivity contribution in [2.24, 2.45) is 5.92 Å². The molecule has 0 aliphatic heterocycles. The SMILES string of the molecule is COc1ncc(-c2cc(C(F)(F)F)c3c(N)ncnn23)cc1C(=O)NCCCOCC(C)C. The van der Waals surface area contributed by atoms with Gasteiger partial charge in [0, 0.05) is 31.5 Å². The quantitative estimate of drug-likeness (QED) is 0.465. The number of carbonyl (C=O) groups excluding carboxylic acids is 1. The van der Waals surface area contributed by atoms with Crippen LogP contribution in [0.25, 0.3) is 16.8 Å². The molecule has 0 aliphatic rings. The molecule has 3 heterocycles. The van der Waals surface area contributed by atoms with Gasteiger partial charge in [-0.05, 0) is 24.5 Å². The number of nitrogens with one attached hydrogen (secondary N) is 1. The number of carbonyl (C=O) groups is 1. The summed E-state index contributed by atoms with van der Waals surface area (Å²) < 4.78 is 52.4. The molecule has 3 aromatic heterocycles. The van der Waals surface area contributed by atoms with E-state index < -0.39 is 17.6 Å². The number of methoxy groups -OCH3 is 1. The van der Waals surface area contributed by atoms with Crippen LogP contribution < -0.4 is 15.8 Å². The Morgan fingerprint density at radius 2 is 2.03 bits per heavy atom. The molecule has 0 atom stereocenters. The van der Waals surface area contributed by atoms with Crippen LogP contribution in [0.3, 0.4) is 0 Å². The zero-order valence-electron chi connectivity index (χ0n) is 18.4. The minimum Gasteiger partial charge on any atom is -0.480 e. The molecule has 1 amide bonds. The molecule has 9 nitrogen and oxygen atoms in total. The highest BCUT2D eigenvalue weighted by Gasteiger charge is 2.36. The second kappa shape index (κ2) is 10.0. The molecule has 0 saturated heterocycles. The van der Waals surface area contributed by atoms with E-state index in [9.17, 15) is 18.0 Å². The van der Waals surface area contributed by atoms with Crippen LogP contribution in [0.5, 0.6) is 5.88 Å². The summed E-state index contributed by atoms with van der Waals surface area (Å²) in [6.07, 6.45) is -1.73. The molecule has 3 aromatic rings. The molecular formula is C21H25F3N6O3. The number of nitrogen functional groups attached to an aromatic ring is 1. The first-order valence-corrected chi connectivity index (χ1v) is 10.2. The zero-order valence-corrected chi connectivity index (χ0v) is 18.4. The first-order chi connectivity index (χ1) is 15.6. The van der Waals surface area contributed by atoms with Crippen molar-refractivity contribution in [2.45, 2.75) is 26.4 Å². The Morgan fingerprint density at radius 3 is 2.70 bits per heavy atom. The Labute approximate surface area is 188 Å². The van der Waals surface area contributed by atoms with Gasteiger partial charge in [-0.1, -0.05) is 13.8 Å². The third-order valence-electron chi connectivity index (χ3n) is 4.68. The molecule has 178 valence electrons. The number of hydrogen-bond donors (Lipinski definition) is 2. The number of nitrogens with zero attached hydrogens (tertiary/aromatic N) is 4. The number of hydrogen-bond acceptors (Lipinski definition) is 7. The van der Waals surface area contributed by atoms with E-state index in [1.807, 2.05) is 13.8 Å². The van der Waals surface area contributed by atoms with Crippen LogP contribution in [0.15, 0.2) is 24.7 Å². The van der Waals surface area contributed by atoms with E-state index in [1.165, 1.54) is 19.4 Å². The molecule has 0 unspecified atom stereocenters. The lowest BCUT2D eigenvalue weighted by atomic mass is 10.1. The molecule has 33 heavy (non-hydrogen) atoms. The highest BCUT2D eigenvalue weighted by Crippen LogP contribution is 2.38. The smallest absolute Gasteiger partial charge is 0.418 e. The van der Waals surface area contributed by atoms with Crippen LogP contribution in [-0.2, 0) is 10.9 Å². The number of alkyl halides is 3. The number of fused-ring (bicyclic) bond motifs is 1. The highest BCUT2D eigenvalue weighted by molar-refractivity contribution is 5.97. The molecule has 0 aromatic carbocycles. The number of aromatic nitrogens is 4. The van der Waals surface area contributed by atoms with Gasteiger partial charge in [0.1, 0.15) is 17.4 Å². The number of anilines is 1. The number of nitrogens with two attached hydrogens (primary N) is 1. The van der Waals surface area contributed by atoms with Gasteiger partial charge in [-0.2, -0.15) is 18.3 Å². The number of halogens is 3. The van der Waals surface area contributed by atoms with Gasteiger partial charge in [0.2, 0.25) is 5.88 Å². The van der Waals surface area contributed by atoms with Gasteiger partial charge in [0.15, 0.2) is 5.82 Å². The number of pyridine rings is 1. The van der Waals surface area contributed by atoms with Crippen LogP contribution in [-0.4, -0.2) is 52.4 Å². The molecular weight excluding hydrogens is 441 g/mol. The van der Waals surface area contributed by atoms with Crippen LogP contribution in [0.1, 0.15) is 36.2 Å². The van der Waals surface area contributed by atoms with Gasteiger partial charge in [0.25, 0.3) is 5.91 Å². The lowest BCUT2D eigenvalue weighted by molar-refractivity contribution is -0.136. The van der Waals surface area contributed by atoms with Crippen molar-refractivity contribution < 1.29 is 27.4 Å². The maximum atomic E-state index is 13.6. The Balaban J connectivity index is 1.89. The normalized spacial score (nSPS) is 11.8. The maximum absolute atomic E-state index is 13.6. The van der Waals surface area contributed by atoms with Crippen molar-refractivity contribution in [2.75, 3.05) is 32.6 Å². The lowest BCUT2D eigenvalue weighted by Gasteiger charge is -2.11. The molecule has 0 aliphatic carbocycles. The summed E-state index contributed by atoms with van der Waals surface area (Å²) in [6.45, 7) is 5.55. The average molecular weight is 466 g/mol. The fraction of sp³-hybridized carbons (Fsp3) is 0.429. The molecule has 0 saturated carbocycles. The minimum absolute atomic E-state index is 0.0401. The van der Waals surface area contributed by atoms with E-state index in [2.05, 4.69) is 20.4 Å². The summed E-state index contributed by atoms with van der Waals surface area (Å²) in [7, 11) is 1.35. The van der Waals surface area contributed by atoms with Gasteiger partial charge in [0.05, 0.1) is 18.4 Å². The standard InChI is InChI=1S/C21H25F3N6O3/c1-12(2)10-33-6-4-5-26-19(31)14-7-13(9-27-20(14)32-3)16-8-15(21(22,23)24)17-18(25)28-11-29-30(16)17/h7-9,11-12H,4-6,10H2,1-3H3,(H,26,31)(H2,25,28,29). The van der Waals surface area contributed by atoms with Crippen molar-refractivity contribution in [3.8, 4) is 17.1 Å². The Bertz CT molecular complexity index is 1130. The zero-order chi connectivity index (χ0) is 24.2. The molecule has 0 spiro atoms. The van der Waals surface area contributed by atoms with Crippen LogP contribution in [0, 0.1) is 5.92 Å². The Hall–Kier alpha value is -3.41. The van der Waals surface area contributed by atoms with E-state index in [4.69, 9.17) is 15.2 Å². The van der Waals surface area contributed by atoms with E-state index >= 15 is 0 Å². The predicted octanol–water partition coefficient (Wildman–Crippen LogP) is 3.19. The van der Waals surface area contributed by atoms with Crippen LogP contribution >= 0.6 is 0 Å². The minimum atomic E-state index is -4.68. The molecule has 0 fully saturated rings. The van der Waals surface area contributed by atoms with Gasteiger partial charge < -0.3 is 20.5 Å². The summed E-state index contributed by atoms with van der Waals surface area (Å²) in [4.78, 5) is 20.5. The Morgan fingerprint density at radius 1 is 1.27 bits per heavy atom. The third kappa shape index (κ3) is 5.51. The van der Waals surface area contributed by atoms with Crippen molar-refractivity contribution in [3.05, 3.63) is 35.8 Å². The molecule has 12 heteroatoms. The van der Waals surface area contributed by atoms with Gasteiger partial charge >= 0.3 is 6.18 Å². The Kier molecular flexibility index (Phi) is 7.36. The van der Waals surface area contributed by atoms with Crippen LogP contribution in [0.4, 0.5) is 19.0 Å². The first kappa shape index (κ1) is 24.2.